The zero-order valence-corrected chi connectivity index (χ0v) is 35.9. The van der Waals surface area contributed by atoms with E-state index in [0.717, 1.165) is 57.3 Å². The summed E-state index contributed by atoms with van der Waals surface area (Å²) in [4.78, 5) is 4.86. The molecule has 2 aliphatic rings. The number of nitrogens with one attached hydrogen (secondary N) is 2. The molecule has 8 aromatic carbocycles. The number of para-hydroxylation sites is 2. The van der Waals surface area contributed by atoms with Crippen molar-refractivity contribution in [2.45, 2.75) is 11.8 Å². The fraction of sp³-hybridized carbons (Fsp3) is 0.105. The summed E-state index contributed by atoms with van der Waals surface area (Å²) in [5.41, 5.74) is 19.7. The molecular weight excluding hydrogens is 797 g/mol. The van der Waals surface area contributed by atoms with Gasteiger partial charge in [0.25, 0.3) is 5.95 Å². The van der Waals surface area contributed by atoms with E-state index in [2.05, 4.69) is 192 Å². The predicted molar refractivity (Wildman–Crippen MR) is 265 cm³/mol. The van der Waals surface area contributed by atoms with E-state index in [0.29, 0.717) is 5.95 Å². The monoisotopic (exact) mass is 838 g/mol. The van der Waals surface area contributed by atoms with Crippen LogP contribution in [0.1, 0.15) is 34.1 Å². The Morgan fingerprint density at radius 1 is 0.400 bits per heavy atom. The highest BCUT2D eigenvalue weighted by molar-refractivity contribution is 6.23. The number of fused-ring (bicyclic) bond motifs is 15. The number of hydrogen-bond donors (Lipinski definition) is 2. The second-order valence-corrected chi connectivity index (χ2v) is 17.7. The average molecular weight is 839 g/mol. The fourth-order valence-corrected chi connectivity index (χ4v) is 11.8. The van der Waals surface area contributed by atoms with Gasteiger partial charge in [0.2, 0.25) is 0 Å². The maximum Gasteiger partial charge on any atom is 0.254 e. The molecule has 8 nitrogen and oxygen atoms in total. The summed E-state index contributed by atoms with van der Waals surface area (Å²) in [5, 5.41) is 23.1. The lowest BCUT2D eigenvalue weighted by Gasteiger charge is -2.15. The van der Waals surface area contributed by atoms with Crippen molar-refractivity contribution < 1.29 is 0 Å². The van der Waals surface area contributed by atoms with Gasteiger partial charge in [-0.3, -0.25) is 4.57 Å². The van der Waals surface area contributed by atoms with E-state index < -0.39 is 0 Å². The minimum atomic E-state index is 0.269. The predicted octanol–water partition coefficient (Wildman–Crippen LogP) is 11.8. The molecule has 0 fully saturated rings. The number of aromatic nitrogens is 6. The lowest BCUT2D eigenvalue weighted by Crippen LogP contribution is -2.16. The van der Waals surface area contributed by atoms with Gasteiger partial charge in [0, 0.05) is 68.6 Å². The molecule has 0 saturated heterocycles. The van der Waals surface area contributed by atoms with E-state index in [-0.39, 0.29) is 11.8 Å². The third-order valence-corrected chi connectivity index (χ3v) is 14.4. The first kappa shape index (κ1) is 36.6. The first-order chi connectivity index (χ1) is 32.2. The molecule has 0 bridgehead atoms. The topological polar surface area (TPSA) is 77.5 Å². The van der Waals surface area contributed by atoms with Crippen molar-refractivity contribution in [3.05, 3.63) is 192 Å². The molecule has 2 aliphatic carbocycles. The molecule has 65 heavy (non-hydrogen) atoms. The first-order valence-electron chi connectivity index (χ1n) is 22.5. The van der Waals surface area contributed by atoms with Gasteiger partial charge < -0.3 is 19.8 Å². The Morgan fingerprint density at radius 2 is 0.846 bits per heavy atom. The summed E-state index contributed by atoms with van der Waals surface area (Å²) in [7, 11) is 4.09. The molecular formula is C57H42N8. The van der Waals surface area contributed by atoms with Crippen LogP contribution in [0.3, 0.4) is 0 Å². The summed E-state index contributed by atoms with van der Waals surface area (Å²) in [6.45, 7) is 1.74. The van der Waals surface area contributed by atoms with Gasteiger partial charge >= 0.3 is 0 Å². The van der Waals surface area contributed by atoms with Crippen LogP contribution in [0.2, 0.25) is 0 Å². The summed E-state index contributed by atoms with van der Waals surface area (Å²) in [6, 6.07) is 58.9. The van der Waals surface area contributed by atoms with Gasteiger partial charge in [-0.05, 0) is 119 Å². The van der Waals surface area contributed by atoms with Gasteiger partial charge in [-0.15, -0.1) is 5.10 Å². The Hall–Kier alpha value is -7.91. The fourth-order valence-electron chi connectivity index (χ4n) is 11.8. The SMILES string of the molecule is CNCC1c2ccccc2-c2ccc(-n3c4ccccc4c4cc5c6cc7c8ccccc8n(-c8ccc9c(c8)C(CNC)c8ccccc8-9)c7cc6n(-c6nccnn6)c5cc43)cc21. The van der Waals surface area contributed by atoms with E-state index in [4.69, 9.17) is 4.98 Å². The molecule has 0 spiro atoms. The van der Waals surface area contributed by atoms with Crippen molar-refractivity contribution >= 4 is 65.4 Å². The van der Waals surface area contributed by atoms with E-state index in [1.54, 1.807) is 12.4 Å². The number of benzene rings is 8. The van der Waals surface area contributed by atoms with Crippen LogP contribution in [0.15, 0.2) is 170 Å². The van der Waals surface area contributed by atoms with Crippen molar-refractivity contribution in [2.75, 3.05) is 27.2 Å². The van der Waals surface area contributed by atoms with Crippen LogP contribution in [-0.2, 0) is 0 Å². The molecule has 4 heterocycles. The van der Waals surface area contributed by atoms with E-state index >= 15 is 0 Å². The van der Waals surface area contributed by atoms with Gasteiger partial charge in [-0.1, -0.05) is 97.1 Å². The lowest BCUT2D eigenvalue weighted by atomic mass is 9.96. The van der Waals surface area contributed by atoms with Gasteiger partial charge in [0.15, 0.2) is 0 Å². The van der Waals surface area contributed by atoms with Crippen LogP contribution < -0.4 is 10.6 Å². The molecule has 2 N–H and O–H groups in total. The van der Waals surface area contributed by atoms with Crippen molar-refractivity contribution in [1.82, 2.24) is 39.5 Å². The standard InChI is InChI=1S/C57H42N8/c1-58-31-49-37-13-5-3-11-35(37)39-21-19-33(25-43(39)49)63-51-17-9-7-15-41(51)45-27-47-48-28-46-42-16-8-10-18-52(42)64(34-20-22-40-36-12-4-6-14-38(36)50(32-59-2)44(40)26-34)54(46)30-56(48)65(55(47)29-53(45)63)57-60-23-24-61-62-57/h3-30,49-50,58-59H,31-32H2,1-2H3. The maximum atomic E-state index is 4.86. The van der Waals surface area contributed by atoms with Gasteiger partial charge in [-0.2, -0.15) is 5.10 Å². The van der Waals surface area contributed by atoms with Crippen molar-refractivity contribution in [3.63, 3.8) is 0 Å². The number of hydrogen-bond acceptors (Lipinski definition) is 5. The maximum absolute atomic E-state index is 4.86. The molecule has 0 saturated carbocycles. The molecule has 14 rings (SSSR count). The molecule has 8 heteroatoms. The minimum Gasteiger partial charge on any atom is -0.319 e. The van der Waals surface area contributed by atoms with Gasteiger partial charge in [0.1, 0.15) is 0 Å². The Bertz CT molecular complexity index is 3710. The highest BCUT2D eigenvalue weighted by Crippen LogP contribution is 2.49. The largest absolute Gasteiger partial charge is 0.319 e. The molecule has 310 valence electrons. The summed E-state index contributed by atoms with van der Waals surface area (Å²) in [6.07, 6.45) is 3.38. The Balaban J connectivity index is 1.04. The summed E-state index contributed by atoms with van der Waals surface area (Å²) in [5.74, 6) is 1.07. The zero-order valence-electron chi connectivity index (χ0n) is 35.9. The van der Waals surface area contributed by atoms with Gasteiger partial charge in [0.05, 0.1) is 45.5 Å². The minimum absolute atomic E-state index is 0.269. The second-order valence-electron chi connectivity index (χ2n) is 17.7. The molecule has 12 aromatic rings. The smallest absolute Gasteiger partial charge is 0.254 e. The third kappa shape index (κ3) is 5.06. The zero-order chi connectivity index (χ0) is 42.9. The van der Waals surface area contributed by atoms with Crippen molar-refractivity contribution in [1.29, 1.82) is 0 Å². The van der Waals surface area contributed by atoms with E-state index in [1.165, 1.54) is 77.1 Å². The summed E-state index contributed by atoms with van der Waals surface area (Å²) < 4.78 is 7.10. The molecule has 0 aliphatic heterocycles. The van der Waals surface area contributed by atoms with Crippen LogP contribution in [0.4, 0.5) is 0 Å². The second kappa shape index (κ2) is 13.8. The van der Waals surface area contributed by atoms with Crippen LogP contribution in [0.25, 0.3) is 105 Å². The Kier molecular flexibility index (Phi) is 7.76. The number of nitrogens with zero attached hydrogens (tertiary/aromatic N) is 6. The molecule has 2 unspecified atom stereocenters. The number of rotatable bonds is 7. The van der Waals surface area contributed by atoms with Crippen molar-refractivity contribution in [2.24, 2.45) is 0 Å². The molecule has 0 amide bonds. The summed E-state index contributed by atoms with van der Waals surface area (Å²) >= 11 is 0. The Labute approximate surface area is 374 Å². The Morgan fingerprint density at radius 3 is 1.34 bits per heavy atom. The average Bonchev–Trinajstić information content (AvgIpc) is 4.12. The van der Waals surface area contributed by atoms with Crippen LogP contribution in [-0.4, -0.2) is 56.1 Å². The molecule has 0 radical (unpaired) electrons. The van der Waals surface area contributed by atoms with Crippen LogP contribution in [0, 0.1) is 0 Å². The normalized spacial score (nSPS) is 15.2. The van der Waals surface area contributed by atoms with Gasteiger partial charge in [-0.25, -0.2) is 4.98 Å². The third-order valence-electron chi connectivity index (χ3n) is 14.4. The highest BCUT2D eigenvalue weighted by atomic mass is 15.3. The van der Waals surface area contributed by atoms with E-state index in [1.807, 2.05) is 14.1 Å². The van der Waals surface area contributed by atoms with Crippen molar-refractivity contribution in [3.8, 4) is 39.6 Å². The quantitative estimate of drug-likeness (QED) is 0.167. The van der Waals surface area contributed by atoms with Crippen LogP contribution in [0.5, 0.6) is 0 Å². The van der Waals surface area contributed by atoms with E-state index in [9.17, 15) is 0 Å². The molecule has 4 aromatic heterocycles. The number of likely N-dealkylation sites (N-methyl/N-ethyl adjacent to an activating group) is 2. The highest BCUT2D eigenvalue weighted by Gasteiger charge is 2.31. The van der Waals surface area contributed by atoms with Crippen LogP contribution >= 0.6 is 0 Å². The first-order valence-corrected chi connectivity index (χ1v) is 22.5. The lowest BCUT2D eigenvalue weighted by molar-refractivity contribution is 0.719. The molecule has 2 atom stereocenters.